The van der Waals surface area contributed by atoms with E-state index in [2.05, 4.69) is 19.2 Å². The molecule has 0 aromatic heterocycles. The second-order valence-electron chi connectivity index (χ2n) is 5.85. The summed E-state index contributed by atoms with van der Waals surface area (Å²) in [6.07, 6.45) is 4.17. The third-order valence-corrected chi connectivity index (χ3v) is 6.27. The Labute approximate surface area is 128 Å². The van der Waals surface area contributed by atoms with Gasteiger partial charge >= 0.3 is 0 Å². The van der Waals surface area contributed by atoms with Gasteiger partial charge in [0.15, 0.2) is 0 Å². The molecule has 1 aromatic rings. The van der Waals surface area contributed by atoms with Crippen LogP contribution in [0.25, 0.3) is 0 Å². The van der Waals surface area contributed by atoms with E-state index in [1.807, 2.05) is 12.1 Å². The highest BCUT2D eigenvalue weighted by atomic mass is 32.2. The van der Waals surface area contributed by atoms with Crippen LogP contribution in [0.5, 0.6) is 0 Å². The fourth-order valence-electron chi connectivity index (χ4n) is 2.52. The Bertz CT molecular complexity index is 550. The summed E-state index contributed by atoms with van der Waals surface area (Å²) in [5, 5.41) is 3.41. The van der Waals surface area contributed by atoms with Crippen molar-refractivity contribution in [3.05, 3.63) is 29.8 Å². The van der Waals surface area contributed by atoms with Gasteiger partial charge in [0.1, 0.15) is 0 Å². The molecule has 1 unspecified atom stereocenters. The molecule has 0 amide bonds. The highest BCUT2D eigenvalue weighted by molar-refractivity contribution is 7.89. The molecule has 2 rings (SSSR count). The van der Waals surface area contributed by atoms with Crippen LogP contribution in [0, 0.1) is 0 Å². The Kier molecular flexibility index (Phi) is 5.41. The van der Waals surface area contributed by atoms with Crippen molar-refractivity contribution in [2.24, 2.45) is 0 Å². The number of nitrogens with one attached hydrogen (secondary N) is 1. The van der Waals surface area contributed by atoms with Crippen LogP contribution in [0.3, 0.4) is 0 Å². The minimum Gasteiger partial charge on any atom is -0.310 e. The van der Waals surface area contributed by atoms with E-state index in [4.69, 9.17) is 0 Å². The van der Waals surface area contributed by atoms with Gasteiger partial charge in [-0.05, 0) is 50.4 Å². The second-order valence-corrected chi connectivity index (χ2v) is 7.85. The first-order valence-electron chi connectivity index (χ1n) is 7.78. The van der Waals surface area contributed by atoms with Crippen LogP contribution in [-0.4, -0.2) is 32.4 Å². The van der Waals surface area contributed by atoms with Crippen LogP contribution < -0.4 is 5.32 Å². The van der Waals surface area contributed by atoms with Crippen LogP contribution >= 0.6 is 0 Å². The van der Waals surface area contributed by atoms with Crippen molar-refractivity contribution in [3.8, 4) is 0 Å². The summed E-state index contributed by atoms with van der Waals surface area (Å²) in [5.74, 6) is 0. The number of hydrogen-bond donors (Lipinski definition) is 1. The maximum absolute atomic E-state index is 12.5. The third-order valence-electron chi connectivity index (χ3n) is 4.35. The van der Waals surface area contributed by atoms with Gasteiger partial charge in [0, 0.05) is 19.1 Å². The molecule has 1 aliphatic carbocycles. The lowest BCUT2D eigenvalue weighted by atomic mass is 9.94. The van der Waals surface area contributed by atoms with Crippen LogP contribution in [0.2, 0.25) is 0 Å². The second kappa shape index (κ2) is 6.90. The lowest BCUT2D eigenvalue weighted by molar-refractivity contribution is 0.249. The monoisotopic (exact) mass is 310 g/mol. The average molecular weight is 310 g/mol. The summed E-state index contributed by atoms with van der Waals surface area (Å²) < 4.78 is 26.6. The van der Waals surface area contributed by atoms with Crippen molar-refractivity contribution in [2.45, 2.75) is 56.5 Å². The molecular weight excluding hydrogens is 284 g/mol. The van der Waals surface area contributed by atoms with Crippen LogP contribution in [0.1, 0.15) is 51.1 Å². The zero-order chi connectivity index (χ0) is 15.5. The minimum absolute atomic E-state index is 0.180. The van der Waals surface area contributed by atoms with Crippen molar-refractivity contribution < 1.29 is 8.42 Å². The van der Waals surface area contributed by atoms with Crippen molar-refractivity contribution in [1.82, 2.24) is 9.62 Å². The highest BCUT2D eigenvalue weighted by Gasteiger charge is 2.31. The molecule has 1 saturated carbocycles. The van der Waals surface area contributed by atoms with Crippen LogP contribution in [-0.2, 0) is 10.0 Å². The average Bonchev–Trinajstić information content (AvgIpc) is 2.43. The molecule has 1 aromatic carbocycles. The molecule has 0 bridgehead atoms. The molecule has 0 radical (unpaired) electrons. The van der Waals surface area contributed by atoms with Gasteiger partial charge in [-0.2, -0.15) is 4.31 Å². The lowest BCUT2D eigenvalue weighted by Crippen LogP contribution is -2.41. The number of nitrogens with zero attached hydrogens (tertiary/aromatic N) is 1. The summed E-state index contributed by atoms with van der Waals surface area (Å²) in [7, 11) is -1.65. The summed E-state index contributed by atoms with van der Waals surface area (Å²) in [6, 6.07) is 7.70. The Hall–Kier alpha value is -0.910. The Morgan fingerprint density at radius 1 is 1.29 bits per heavy atom. The van der Waals surface area contributed by atoms with Gasteiger partial charge in [0.05, 0.1) is 4.90 Å². The summed E-state index contributed by atoms with van der Waals surface area (Å²) in [5.41, 5.74) is 1.12. The smallest absolute Gasteiger partial charge is 0.243 e. The minimum atomic E-state index is -3.35. The fourth-order valence-corrected chi connectivity index (χ4v) is 3.94. The molecule has 0 heterocycles. The van der Waals surface area contributed by atoms with Crippen molar-refractivity contribution in [1.29, 1.82) is 0 Å². The van der Waals surface area contributed by atoms with E-state index in [1.54, 1.807) is 19.2 Å². The maximum Gasteiger partial charge on any atom is 0.243 e. The van der Waals surface area contributed by atoms with E-state index in [0.717, 1.165) is 37.8 Å². The molecule has 0 aliphatic heterocycles. The van der Waals surface area contributed by atoms with Gasteiger partial charge < -0.3 is 5.32 Å². The van der Waals surface area contributed by atoms with Crippen molar-refractivity contribution in [3.63, 3.8) is 0 Å². The lowest BCUT2D eigenvalue weighted by Gasteiger charge is -2.33. The predicted molar refractivity (Wildman–Crippen MR) is 85.7 cm³/mol. The highest BCUT2D eigenvalue weighted by Crippen LogP contribution is 2.28. The van der Waals surface area contributed by atoms with Gasteiger partial charge in [0.25, 0.3) is 0 Å². The zero-order valence-electron chi connectivity index (χ0n) is 13.2. The van der Waals surface area contributed by atoms with Crippen LogP contribution in [0.4, 0.5) is 0 Å². The number of rotatable bonds is 7. The first-order chi connectivity index (χ1) is 9.96. The number of sulfonamides is 1. The zero-order valence-corrected chi connectivity index (χ0v) is 14.0. The standard InChI is InChI=1S/C16H26N2O2S/c1-4-12-17-13(2)14-8-10-16(11-9-14)21(19,20)18(3)15-6-5-7-15/h8-11,13,15,17H,4-7,12H2,1-3H3. The summed E-state index contributed by atoms with van der Waals surface area (Å²) in [4.78, 5) is 0.392. The maximum atomic E-state index is 12.5. The van der Waals surface area contributed by atoms with Crippen molar-refractivity contribution >= 4 is 10.0 Å². The predicted octanol–water partition coefficient (Wildman–Crippen LogP) is 2.92. The van der Waals surface area contributed by atoms with E-state index in [1.165, 1.54) is 4.31 Å². The first kappa shape index (κ1) is 16.5. The molecule has 1 atom stereocenters. The summed E-state index contributed by atoms with van der Waals surface area (Å²) >= 11 is 0. The molecule has 118 valence electrons. The Balaban J connectivity index is 2.10. The molecule has 1 N–H and O–H groups in total. The quantitative estimate of drug-likeness (QED) is 0.842. The van der Waals surface area contributed by atoms with Gasteiger partial charge in [-0.1, -0.05) is 25.5 Å². The van der Waals surface area contributed by atoms with Gasteiger partial charge in [0.2, 0.25) is 10.0 Å². The van der Waals surface area contributed by atoms with E-state index in [0.29, 0.717) is 4.90 Å². The fraction of sp³-hybridized carbons (Fsp3) is 0.625. The van der Waals surface area contributed by atoms with E-state index in [-0.39, 0.29) is 12.1 Å². The Morgan fingerprint density at radius 2 is 1.90 bits per heavy atom. The Morgan fingerprint density at radius 3 is 2.38 bits per heavy atom. The van der Waals surface area contributed by atoms with E-state index in [9.17, 15) is 8.42 Å². The largest absolute Gasteiger partial charge is 0.310 e. The molecule has 0 saturated heterocycles. The topological polar surface area (TPSA) is 49.4 Å². The van der Waals surface area contributed by atoms with Crippen LogP contribution in [0.15, 0.2) is 29.2 Å². The normalized spacial score (nSPS) is 17.7. The molecule has 5 heteroatoms. The molecular formula is C16H26N2O2S. The SMILES string of the molecule is CCCNC(C)c1ccc(S(=O)(=O)N(C)C2CCC2)cc1. The number of benzene rings is 1. The first-order valence-corrected chi connectivity index (χ1v) is 9.22. The molecule has 1 fully saturated rings. The van der Waals surface area contributed by atoms with Gasteiger partial charge in [-0.3, -0.25) is 0 Å². The number of hydrogen-bond acceptors (Lipinski definition) is 3. The molecule has 1 aliphatic rings. The van der Waals surface area contributed by atoms with E-state index < -0.39 is 10.0 Å². The van der Waals surface area contributed by atoms with Crippen molar-refractivity contribution in [2.75, 3.05) is 13.6 Å². The molecule has 21 heavy (non-hydrogen) atoms. The summed E-state index contributed by atoms with van der Waals surface area (Å²) in [6.45, 7) is 5.19. The van der Waals surface area contributed by atoms with Gasteiger partial charge in [-0.15, -0.1) is 0 Å². The van der Waals surface area contributed by atoms with E-state index >= 15 is 0 Å². The molecule has 4 nitrogen and oxygen atoms in total. The molecule has 0 spiro atoms. The van der Waals surface area contributed by atoms with Gasteiger partial charge in [-0.25, -0.2) is 8.42 Å². The third kappa shape index (κ3) is 3.65.